The van der Waals surface area contributed by atoms with E-state index in [0.717, 1.165) is 0 Å². The summed E-state index contributed by atoms with van der Waals surface area (Å²) in [6.07, 6.45) is 2.59. The van der Waals surface area contributed by atoms with E-state index < -0.39 is 47.2 Å². The second-order valence-corrected chi connectivity index (χ2v) is 9.15. The standard InChI is InChI=1S/C22H28O7/c1-11-17(25)19-22(4)14(20(26)29-19)5-6-16(28-12(2)23)18(22)21(11,3)9-15(24)13-7-8-27-10-13/h5,7-8,10-11,15-19,24-25H,6,9H2,1-4H3/t11-,15+,16-,17-,18-,19+,21+,22-/m1/s1. The molecule has 3 aliphatic rings. The molecule has 0 spiro atoms. The predicted octanol–water partition coefficient (Wildman–Crippen LogP) is 2.53. The van der Waals surface area contributed by atoms with Gasteiger partial charge in [-0.25, -0.2) is 4.79 Å². The van der Waals surface area contributed by atoms with Gasteiger partial charge in [-0.15, -0.1) is 0 Å². The zero-order valence-corrected chi connectivity index (χ0v) is 17.1. The van der Waals surface area contributed by atoms with Gasteiger partial charge >= 0.3 is 11.9 Å². The Morgan fingerprint density at radius 3 is 2.76 bits per heavy atom. The summed E-state index contributed by atoms with van der Waals surface area (Å²) in [4.78, 5) is 24.4. The van der Waals surface area contributed by atoms with Crippen molar-refractivity contribution < 1.29 is 33.7 Å². The van der Waals surface area contributed by atoms with Crippen molar-refractivity contribution in [3.63, 3.8) is 0 Å². The van der Waals surface area contributed by atoms with E-state index in [-0.39, 0.29) is 11.8 Å². The molecule has 2 heterocycles. The fraction of sp³-hybridized carbons (Fsp3) is 0.636. The largest absolute Gasteiger partial charge is 0.472 e. The molecule has 0 amide bonds. The zero-order valence-electron chi connectivity index (χ0n) is 17.1. The van der Waals surface area contributed by atoms with Gasteiger partial charge in [0.2, 0.25) is 0 Å². The fourth-order valence-electron chi connectivity index (χ4n) is 6.19. The van der Waals surface area contributed by atoms with Crippen molar-refractivity contribution in [1.29, 1.82) is 0 Å². The van der Waals surface area contributed by atoms with E-state index in [1.54, 1.807) is 12.1 Å². The van der Waals surface area contributed by atoms with Crippen molar-refractivity contribution in [2.45, 2.75) is 65.0 Å². The van der Waals surface area contributed by atoms with E-state index in [1.807, 2.05) is 20.8 Å². The summed E-state index contributed by atoms with van der Waals surface area (Å²) in [6.45, 7) is 7.18. The molecule has 7 nitrogen and oxygen atoms in total. The highest BCUT2D eigenvalue weighted by Crippen LogP contribution is 2.66. The minimum Gasteiger partial charge on any atom is -0.472 e. The lowest BCUT2D eigenvalue weighted by Crippen LogP contribution is -2.65. The average Bonchev–Trinajstić information content (AvgIpc) is 3.25. The summed E-state index contributed by atoms with van der Waals surface area (Å²) in [5.74, 6) is -1.44. The lowest BCUT2D eigenvalue weighted by atomic mass is 9.44. The number of carbonyl (C=O) groups excluding carboxylic acids is 2. The number of ether oxygens (including phenoxy) is 2. The summed E-state index contributed by atoms with van der Waals surface area (Å²) < 4.78 is 16.4. The van der Waals surface area contributed by atoms with E-state index in [1.165, 1.54) is 19.5 Å². The molecule has 29 heavy (non-hydrogen) atoms. The minimum absolute atomic E-state index is 0.310. The lowest BCUT2D eigenvalue weighted by Gasteiger charge is -2.60. The van der Waals surface area contributed by atoms with Crippen LogP contribution < -0.4 is 0 Å². The van der Waals surface area contributed by atoms with Crippen LogP contribution in [0.3, 0.4) is 0 Å². The molecule has 2 aliphatic carbocycles. The first kappa shape index (κ1) is 20.2. The molecule has 1 aliphatic heterocycles. The molecule has 1 aromatic heterocycles. The third kappa shape index (κ3) is 2.78. The Balaban J connectivity index is 1.82. The molecule has 4 rings (SSSR count). The Morgan fingerprint density at radius 2 is 2.14 bits per heavy atom. The maximum absolute atomic E-state index is 12.6. The van der Waals surface area contributed by atoms with Gasteiger partial charge < -0.3 is 24.1 Å². The van der Waals surface area contributed by atoms with Crippen LogP contribution in [0, 0.1) is 22.7 Å². The van der Waals surface area contributed by atoms with Crippen LogP contribution in [0.5, 0.6) is 0 Å². The van der Waals surface area contributed by atoms with Gasteiger partial charge in [-0.2, -0.15) is 0 Å². The Morgan fingerprint density at radius 1 is 1.41 bits per heavy atom. The molecule has 1 saturated carbocycles. The summed E-state index contributed by atoms with van der Waals surface area (Å²) in [5.41, 5.74) is -0.276. The van der Waals surface area contributed by atoms with Crippen LogP contribution in [-0.4, -0.2) is 40.5 Å². The molecule has 8 atom stereocenters. The van der Waals surface area contributed by atoms with Gasteiger partial charge in [0.25, 0.3) is 0 Å². The Labute approximate surface area is 169 Å². The summed E-state index contributed by atoms with van der Waals surface area (Å²) >= 11 is 0. The fourth-order valence-corrected chi connectivity index (χ4v) is 6.19. The second kappa shape index (κ2) is 6.71. The normalized spacial score (nSPS) is 41.9. The minimum atomic E-state index is -0.899. The number of aliphatic hydroxyl groups excluding tert-OH is 2. The highest BCUT2D eigenvalue weighted by atomic mass is 16.6. The Kier molecular flexibility index (Phi) is 4.66. The molecular weight excluding hydrogens is 376 g/mol. The van der Waals surface area contributed by atoms with Crippen molar-refractivity contribution in [3.05, 3.63) is 35.8 Å². The van der Waals surface area contributed by atoms with Crippen LogP contribution in [-0.2, 0) is 19.1 Å². The summed E-state index contributed by atoms with van der Waals surface area (Å²) in [5, 5.41) is 22.0. The SMILES string of the molecule is CC(=O)O[C@@H]1CC=C2C(=O)O[C@H]3[C@H](O)[C@@H](C)[C@](C)(C[C@H](O)c4ccoc4)[C@@H]1[C@@]23C. The molecule has 0 aromatic carbocycles. The lowest BCUT2D eigenvalue weighted by molar-refractivity contribution is -0.215. The topological polar surface area (TPSA) is 106 Å². The third-order valence-electron chi connectivity index (χ3n) is 7.65. The van der Waals surface area contributed by atoms with Crippen LogP contribution in [0.15, 0.2) is 34.7 Å². The number of esters is 2. The molecule has 2 N–H and O–H groups in total. The maximum atomic E-state index is 12.6. The highest BCUT2D eigenvalue weighted by molar-refractivity contribution is 5.93. The van der Waals surface area contributed by atoms with Crippen LogP contribution in [0.2, 0.25) is 0 Å². The number of hydrogen-bond donors (Lipinski definition) is 2. The van der Waals surface area contributed by atoms with Gasteiger partial charge in [0.1, 0.15) is 12.2 Å². The van der Waals surface area contributed by atoms with E-state index in [0.29, 0.717) is 24.0 Å². The van der Waals surface area contributed by atoms with Gasteiger partial charge in [-0.05, 0) is 23.8 Å². The number of hydrogen-bond acceptors (Lipinski definition) is 7. The smallest absolute Gasteiger partial charge is 0.334 e. The van der Waals surface area contributed by atoms with Gasteiger partial charge in [0.05, 0.1) is 24.7 Å². The van der Waals surface area contributed by atoms with Crippen molar-refractivity contribution in [2.75, 3.05) is 0 Å². The van der Waals surface area contributed by atoms with Crippen LogP contribution >= 0.6 is 0 Å². The quantitative estimate of drug-likeness (QED) is 0.743. The summed E-state index contributed by atoms with van der Waals surface area (Å²) in [7, 11) is 0. The van der Waals surface area contributed by atoms with Crippen LogP contribution in [0.1, 0.15) is 52.2 Å². The molecule has 1 aromatic rings. The first-order valence-corrected chi connectivity index (χ1v) is 10.1. The van der Waals surface area contributed by atoms with Gasteiger partial charge in [-0.3, -0.25) is 4.79 Å². The molecule has 0 bridgehead atoms. The first-order chi connectivity index (χ1) is 13.6. The van der Waals surface area contributed by atoms with E-state index in [2.05, 4.69) is 0 Å². The van der Waals surface area contributed by atoms with Crippen LogP contribution in [0.25, 0.3) is 0 Å². The summed E-state index contributed by atoms with van der Waals surface area (Å²) in [6, 6.07) is 1.71. The number of carbonyl (C=O) groups is 2. The average molecular weight is 404 g/mol. The van der Waals surface area contributed by atoms with Gasteiger partial charge in [-0.1, -0.05) is 26.8 Å². The number of aliphatic hydroxyl groups is 2. The third-order valence-corrected chi connectivity index (χ3v) is 7.65. The van der Waals surface area contributed by atoms with Crippen molar-refractivity contribution in [3.8, 4) is 0 Å². The zero-order chi connectivity index (χ0) is 21.1. The van der Waals surface area contributed by atoms with Gasteiger partial charge in [0.15, 0.2) is 0 Å². The van der Waals surface area contributed by atoms with E-state index in [4.69, 9.17) is 13.9 Å². The van der Waals surface area contributed by atoms with Gasteiger partial charge in [0, 0.05) is 35.8 Å². The first-order valence-electron chi connectivity index (χ1n) is 10.1. The molecule has 1 saturated heterocycles. The second-order valence-electron chi connectivity index (χ2n) is 9.15. The van der Waals surface area contributed by atoms with E-state index >= 15 is 0 Å². The maximum Gasteiger partial charge on any atom is 0.334 e. The van der Waals surface area contributed by atoms with Crippen LogP contribution in [0.4, 0.5) is 0 Å². The van der Waals surface area contributed by atoms with E-state index in [9.17, 15) is 19.8 Å². The molecule has 7 heteroatoms. The van der Waals surface area contributed by atoms with Crippen molar-refractivity contribution in [1.82, 2.24) is 0 Å². The molecular formula is C22H28O7. The monoisotopic (exact) mass is 404 g/mol. The molecule has 0 unspecified atom stereocenters. The Bertz CT molecular complexity index is 843. The Hall–Kier alpha value is -2.12. The number of furan rings is 1. The highest BCUT2D eigenvalue weighted by Gasteiger charge is 2.70. The molecule has 2 fully saturated rings. The predicted molar refractivity (Wildman–Crippen MR) is 101 cm³/mol. The van der Waals surface area contributed by atoms with Crippen molar-refractivity contribution in [2.24, 2.45) is 22.7 Å². The number of rotatable bonds is 4. The molecule has 0 radical (unpaired) electrons. The van der Waals surface area contributed by atoms with Crippen molar-refractivity contribution >= 4 is 11.9 Å². The molecule has 158 valence electrons.